The molecule has 1 aromatic rings. The van der Waals surface area contributed by atoms with Crippen LogP contribution >= 0.6 is 9.24 Å². The smallest absolute Gasteiger partial charge is 0.0622 e. The molecule has 0 fully saturated rings. The molecule has 0 aliphatic carbocycles. The van der Waals surface area contributed by atoms with Gasteiger partial charge in [0.15, 0.2) is 0 Å². The van der Waals surface area contributed by atoms with Crippen LogP contribution in [-0.2, 0) is 0 Å². The summed E-state index contributed by atoms with van der Waals surface area (Å²) < 4.78 is 0. The first-order valence-electron chi connectivity index (χ1n) is 3.18. The van der Waals surface area contributed by atoms with E-state index in [1.165, 1.54) is 5.56 Å². The van der Waals surface area contributed by atoms with E-state index in [1.807, 2.05) is 9.24 Å². The van der Waals surface area contributed by atoms with Gasteiger partial charge in [-0.2, -0.15) is 0 Å². The summed E-state index contributed by atoms with van der Waals surface area (Å²) in [6.45, 7) is 2.22. The summed E-state index contributed by atoms with van der Waals surface area (Å²) in [7, 11) is 2.01. The molecule has 0 amide bonds. The summed E-state index contributed by atoms with van der Waals surface area (Å²) in [4.78, 5) is 0. The molecule has 0 aliphatic rings. The van der Waals surface area contributed by atoms with Gasteiger partial charge in [0.2, 0.25) is 0 Å². The summed E-state index contributed by atoms with van der Waals surface area (Å²) >= 11 is 0. The van der Waals surface area contributed by atoms with Crippen molar-refractivity contribution in [2.24, 2.45) is 0 Å². The second-order valence-electron chi connectivity index (χ2n) is 2.31. The Labute approximate surface area is 58.5 Å². The average molecular weight is 139 g/mol. The van der Waals surface area contributed by atoms with Crippen LogP contribution in [0.25, 0.3) is 0 Å². The predicted octanol–water partition coefficient (Wildman–Crippen LogP) is 2.36. The molecule has 9 heavy (non-hydrogen) atoms. The highest BCUT2D eigenvalue weighted by Crippen LogP contribution is 2.20. The van der Waals surface area contributed by atoms with E-state index in [0.29, 0.717) is 5.66 Å². The maximum atomic E-state index is 2.22. The molecule has 1 aromatic carbocycles. The number of hydrogen-bond acceptors (Lipinski definition) is 0. The molecule has 0 heterocycles. The van der Waals surface area contributed by atoms with E-state index < -0.39 is 0 Å². The molecule has 0 aliphatic heterocycles. The van der Waals surface area contributed by atoms with Gasteiger partial charge in [0, 0.05) is 0 Å². The average Bonchev–Trinajstić information content (AvgIpc) is 1.90. The van der Waals surface area contributed by atoms with Crippen molar-refractivity contribution in [1.82, 2.24) is 0 Å². The topological polar surface area (TPSA) is 0 Å². The molecule has 0 radical (unpaired) electrons. The van der Waals surface area contributed by atoms with E-state index in [9.17, 15) is 0 Å². The molecule has 0 nitrogen and oxygen atoms in total. The van der Waals surface area contributed by atoms with Crippen LogP contribution in [0.1, 0.15) is 18.1 Å². The Morgan fingerprint density at radius 2 is 1.78 bits per heavy atom. The second-order valence-corrected chi connectivity index (χ2v) is 3.54. The zero-order chi connectivity index (χ0) is 6.69. The van der Waals surface area contributed by atoms with Crippen LogP contribution in [0, 0.1) is 0 Å². The first kappa shape index (κ1) is 6.77. The maximum absolute atomic E-state index is 2.22. The van der Waals surface area contributed by atoms with Gasteiger partial charge >= 0.3 is 0 Å². The van der Waals surface area contributed by atoms with Gasteiger partial charge in [-0.25, -0.2) is 0 Å². The Morgan fingerprint density at radius 1 is 1.22 bits per heavy atom. The van der Waals surface area contributed by atoms with Gasteiger partial charge in [0.1, 0.15) is 0 Å². The van der Waals surface area contributed by atoms with Crippen molar-refractivity contribution in [3.05, 3.63) is 35.9 Å². The summed E-state index contributed by atoms with van der Waals surface area (Å²) in [5.74, 6) is 0. The molecule has 1 heteroatoms. The molecule has 2 unspecified atom stereocenters. The zero-order valence-electron chi connectivity index (χ0n) is 5.67. The zero-order valence-corrected chi connectivity index (χ0v) is 7.09. The van der Waals surface area contributed by atoms with Gasteiger partial charge in [-0.3, -0.25) is 0 Å². The monoisotopic (exact) mass is 139 g/mol. The molecule has 0 spiro atoms. The first-order valence-corrected chi connectivity index (χ1v) is 4.00. The highest BCUT2D eigenvalue weighted by atomic mass is 31.0. The van der Waals surface area contributed by atoms with Crippen molar-refractivity contribution < 1.29 is 0 Å². The molecule has 0 saturated heterocycles. The maximum Gasteiger partial charge on any atom is 0.0848 e. The van der Waals surface area contributed by atoms with Crippen molar-refractivity contribution in [1.29, 1.82) is 0 Å². The highest BCUT2D eigenvalue weighted by molar-refractivity contribution is 7.17. The third-order valence-corrected chi connectivity index (χ3v) is 1.84. The lowest BCUT2D eigenvalue weighted by molar-refractivity contribution is 1.10. The van der Waals surface area contributed by atoms with Crippen LogP contribution in [0.2, 0.25) is 0 Å². The van der Waals surface area contributed by atoms with Gasteiger partial charge in [-0.15, -0.1) is 0 Å². The third-order valence-electron chi connectivity index (χ3n) is 1.37. The fourth-order valence-corrected chi connectivity index (χ4v) is 1.05. The van der Waals surface area contributed by atoms with E-state index in [2.05, 4.69) is 37.3 Å². The fourth-order valence-electron chi connectivity index (χ4n) is 0.782. The lowest BCUT2D eigenvalue weighted by atomic mass is 10.2. The Hall–Kier alpha value is -0.350. The molecule has 0 aromatic heterocycles. The van der Waals surface area contributed by atoms with Crippen LogP contribution in [0.4, 0.5) is 0 Å². The van der Waals surface area contributed by atoms with E-state index in [4.69, 9.17) is 0 Å². The third kappa shape index (κ3) is 1.80. The summed E-state index contributed by atoms with van der Waals surface area (Å²) in [5, 5.41) is 0. The van der Waals surface area contributed by atoms with Gasteiger partial charge in [-0.05, 0) is 21.7 Å². The molecule has 0 N–H and O–H groups in total. The van der Waals surface area contributed by atoms with E-state index >= 15 is 0 Å². The van der Waals surface area contributed by atoms with Crippen LogP contribution in [0.5, 0.6) is 0 Å². The van der Waals surface area contributed by atoms with Gasteiger partial charge in [0.05, 0.1) is 5.66 Å². The van der Waals surface area contributed by atoms with Crippen molar-refractivity contribution in [3.8, 4) is 0 Å². The minimum Gasteiger partial charge on any atom is -0.0622 e. The minimum atomic E-state index is 0.686. The molecule has 2 atom stereocenters. The molecular weight excluding hydrogens is 127 g/mol. The summed E-state index contributed by atoms with van der Waals surface area (Å²) in [6.07, 6.45) is 0. The Morgan fingerprint density at radius 3 is 2.11 bits per heavy atom. The van der Waals surface area contributed by atoms with Crippen molar-refractivity contribution in [2.45, 2.75) is 12.6 Å². The number of hydrogen-bond donors (Lipinski definition) is 0. The SMILES string of the molecule is CC([PH3+])c1ccccc1. The van der Waals surface area contributed by atoms with Gasteiger partial charge in [0.25, 0.3) is 0 Å². The van der Waals surface area contributed by atoms with Crippen molar-refractivity contribution >= 4 is 9.24 Å². The first-order chi connectivity index (χ1) is 4.30. The summed E-state index contributed by atoms with van der Waals surface area (Å²) in [6, 6.07) is 10.5. The van der Waals surface area contributed by atoms with Crippen molar-refractivity contribution in [3.63, 3.8) is 0 Å². The highest BCUT2D eigenvalue weighted by Gasteiger charge is 1.98. The normalized spacial score (nSPS) is 13.4. The largest absolute Gasteiger partial charge is 0.0848 e. The fraction of sp³-hybridized carbons (Fsp3) is 0.250. The van der Waals surface area contributed by atoms with Gasteiger partial charge in [-0.1, -0.05) is 30.3 Å². The Balaban J connectivity index is 2.85. The lowest BCUT2D eigenvalue weighted by Crippen LogP contribution is -1.79. The molecule has 48 valence electrons. The second kappa shape index (κ2) is 2.98. The predicted molar refractivity (Wildman–Crippen MR) is 46.0 cm³/mol. The standard InChI is InChI=1S/C8H11P/c1-7(9)8-5-3-2-4-6-8/h2-7H,9H2,1H3/p+1. The molecule has 0 bridgehead atoms. The van der Waals surface area contributed by atoms with Crippen LogP contribution in [-0.4, -0.2) is 0 Å². The Kier molecular flexibility index (Phi) is 2.24. The van der Waals surface area contributed by atoms with Crippen LogP contribution in [0.3, 0.4) is 0 Å². The van der Waals surface area contributed by atoms with Gasteiger partial charge < -0.3 is 0 Å². The molecule has 0 saturated carbocycles. The van der Waals surface area contributed by atoms with E-state index in [-0.39, 0.29) is 0 Å². The van der Waals surface area contributed by atoms with Crippen molar-refractivity contribution in [2.75, 3.05) is 0 Å². The Bertz CT molecular complexity index is 167. The van der Waals surface area contributed by atoms with E-state index in [1.54, 1.807) is 0 Å². The van der Waals surface area contributed by atoms with Crippen LogP contribution < -0.4 is 0 Å². The number of rotatable bonds is 1. The lowest BCUT2D eigenvalue weighted by Gasteiger charge is -1.97. The molecular formula is C8H12P+. The number of benzene rings is 1. The quantitative estimate of drug-likeness (QED) is 0.524. The van der Waals surface area contributed by atoms with Crippen LogP contribution in [0.15, 0.2) is 30.3 Å². The molecule has 1 rings (SSSR count). The van der Waals surface area contributed by atoms with E-state index in [0.717, 1.165) is 0 Å². The summed E-state index contributed by atoms with van der Waals surface area (Å²) in [5.41, 5.74) is 2.11. The minimum absolute atomic E-state index is 0.686.